The Hall–Kier alpha value is -2.47. The Balaban J connectivity index is 1.76. The van der Waals surface area contributed by atoms with Crippen LogP contribution in [0.25, 0.3) is 0 Å². The number of nitrogens with one attached hydrogen (secondary N) is 1. The number of hydrogen-bond acceptors (Lipinski definition) is 4. The topological polar surface area (TPSA) is 89.9 Å². The molecule has 32 heavy (non-hydrogen) atoms. The number of hydrogen-bond donors (Lipinski definition) is 2. The Morgan fingerprint density at radius 1 is 1.16 bits per heavy atom. The number of alkyl halides is 3. The number of piperidine rings is 1. The molecule has 0 aromatic heterocycles. The lowest BCUT2D eigenvalue weighted by Gasteiger charge is -2.48. The minimum Gasteiger partial charge on any atom is -0.465 e. The monoisotopic (exact) mass is 533 g/mol. The average molecular weight is 534 g/mol. The van der Waals surface area contributed by atoms with E-state index < -0.39 is 32.8 Å². The van der Waals surface area contributed by atoms with Gasteiger partial charge in [-0.15, -0.1) is 0 Å². The fourth-order valence-corrected chi connectivity index (χ4v) is 6.17. The van der Waals surface area contributed by atoms with Gasteiger partial charge in [0.05, 0.1) is 28.4 Å². The van der Waals surface area contributed by atoms with Gasteiger partial charge in [0.25, 0.3) is 10.0 Å². The SMILES string of the molecule is O=C(O)NC1CCN2c3ccc(Br)cc3N(S(=O)(=O)c3cccc(C(F)(F)F)c3)C[C@@H]2C1. The first kappa shape index (κ1) is 22.7. The van der Waals surface area contributed by atoms with E-state index in [2.05, 4.69) is 21.2 Å². The molecule has 2 aromatic rings. The lowest BCUT2D eigenvalue weighted by atomic mass is 9.94. The van der Waals surface area contributed by atoms with Crippen molar-refractivity contribution in [1.82, 2.24) is 5.32 Å². The van der Waals surface area contributed by atoms with E-state index in [1.807, 2.05) is 4.90 Å². The molecule has 2 N–H and O–H groups in total. The van der Waals surface area contributed by atoms with Crippen LogP contribution in [0.2, 0.25) is 0 Å². The molecule has 0 bridgehead atoms. The summed E-state index contributed by atoms with van der Waals surface area (Å²) in [5, 5.41) is 11.5. The number of carboxylic acid groups (broad SMARTS) is 1. The number of carbonyl (C=O) groups is 1. The standard InChI is InChI=1S/C20H19BrF3N3O4S/c21-13-4-5-17-18(9-13)27(11-15-10-14(25-19(28)29)6-7-26(15)17)32(30,31)16-3-1-2-12(8-16)20(22,23)24/h1-5,8-9,14-15,25H,6-7,10-11H2,(H,28,29)/t14?,15-/m0/s1. The van der Waals surface area contributed by atoms with E-state index in [0.717, 1.165) is 22.5 Å². The van der Waals surface area contributed by atoms with Gasteiger partial charge in [0.1, 0.15) is 0 Å². The Labute approximate surface area is 191 Å². The second-order valence-corrected chi connectivity index (χ2v) is 10.5. The molecule has 1 unspecified atom stereocenters. The van der Waals surface area contributed by atoms with E-state index >= 15 is 0 Å². The van der Waals surface area contributed by atoms with Crippen molar-refractivity contribution in [2.45, 2.75) is 36.0 Å². The van der Waals surface area contributed by atoms with Crippen molar-refractivity contribution >= 4 is 43.4 Å². The molecule has 7 nitrogen and oxygen atoms in total. The molecule has 0 aliphatic carbocycles. The Kier molecular flexibility index (Phi) is 5.78. The van der Waals surface area contributed by atoms with Crippen molar-refractivity contribution in [2.24, 2.45) is 0 Å². The van der Waals surface area contributed by atoms with Crippen LogP contribution in [0.15, 0.2) is 51.8 Å². The molecular weight excluding hydrogens is 515 g/mol. The van der Waals surface area contributed by atoms with Gasteiger partial charge in [-0.05, 0) is 49.2 Å². The molecule has 0 spiro atoms. The molecule has 2 atom stereocenters. The highest BCUT2D eigenvalue weighted by Gasteiger charge is 2.41. The number of nitrogens with zero attached hydrogens (tertiary/aromatic N) is 2. The van der Waals surface area contributed by atoms with Crippen molar-refractivity contribution < 1.29 is 31.5 Å². The smallest absolute Gasteiger partial charge is 0.416 e. The van der Waals surface area contributed by atoms with E-state index in [1.54, 1.807) is 18.2 Å². The van der Waals surface area contributed by atoms with Crippen molar-refractivity contribution in [3.8, 4) is 0 Å². The van der Waals surface area contributed by atoms with Gasteiger partial charge in [0.15, 0.2) is 0 Å². The summed E-state index contributed by atoms with van der Waals surface area (Å²) in [4.78, 5) is 12.6. The second kappa shape index (κ2) is 8.14. The number of amides is 1. The Morgan fingerprint density at radius 3 is 2.59 bits per heavy atom. The molecule has 2 heterocycles. The third-order valence-electron chi connectivity index (χ3n) is 5.68. The van der Waals surface area contributed by atoms with Crippen LogP contribution in [0.5, 0.6) is 0 Å². The predicted molar refractivity (Wildman–Crippen MR) is 115 cm³/mol. The fraction of sp³-hybridized carbons (Fsp3) is 0.350. The van der Waals surface area contributed by atoms with Crippen molar-refractivity contribution in [2.75, 3.05) is 22.3 Å². The summed E-state index contributed by atoms with van der Waals surface area (Å²) in [5.41, 5.74) is -0.0541. The molecule has 0 saturated carbocycles. The maximum absolute atomic E-state index is 13.5. The van der Waals surface area contributed by atoms with Gasteiger partial charge in [-0.2, -0.15) is 13.2 Å². The predicted octanol–water partition coefficient (Wildman–Crippen LogP) is 4.28. The van der Waals surface area contributed by atoms with Crippen molar-refractivity contribution in [3.05, 3.63) is 52.5 Å². The minimum absolute atomic E-state index is 0.0141. The maximum Gasteiger partial charge on any atom is 0.416 e. The van der Waals surface area contributed by atoms with E-state index in [9.17, 15) is 26.4 Å². The molecule has 172 valence electrons. The zero-order valence-electron chi connectivity index (χ0n) is 16.5. The van der Waals surface area contributed by atoms with Gasteiger partial charge >= 0.3 is 12.3 Å². The highest BCUT2D eigenvalue weighted by Crippen LogP contribution is 2.43. The molecule has 2 aliphatic rings. The lowest BCUT2D eigenvalue weighted by molar-refractivity contribution is -0.137. The summed E-state index contributed by atoms with van der Waals surface area (Å²) in [5.74, 6) is 0. The molecule has 2 aromatic carbocycles. The first-order chi connectivity index (χ1) is 15.0. The van der Waals surface area contributed by atoms with E-state index in [4.69, 9.17) is 5.11 Å². The van der Waals surface area contributed by atoms with E-state index in [-0.39, 0.29) is 18.6 Å². The number of benzene rings is 2. The van der Waals surface area contributed by atoms with Crippen LogP contribution in [0, 0.1) is 0 Å². The number of anilines is 2. The van der Waals surface area contributed by atoms with E-state index in [1.165, 1.54) is 0 Å². The normalized spacial score (nSPS) is 21.0. The minimum atomic E-state index is -4.68. The molecule has 1 amide bonds. The summed E-state index contributed by atoms with van der Waals surface area (Å²) in [6.07, 6.45) is -4.91. The summed E-state index contributed by atoms with van der Waals surface area (Å²) in [6, 6.07) is 8.13. The molecule has 4 rings (SSSR count). The highest BCUT2D eigenvalue weighted by atomic mass is 79.9. The van der Waals surface area contributed by atoms with Gasteiger partial charge in [-0.25, -0.2) is 13.2 Å². The Morgan fingerprint density at radius 2 is 1.91 bits per heavy atom. The maximum atomic E-state index is 13.5. The summed E-state index contributed by atoms with van der Waals surface area (Å²) in [6.45, 7) is 0.502. The van der Waals surface area contributed by atoms with Crippen molar-refractivity contribution in [1.29, 1.82) is 0 Å². The summed E-state index contributed by atoms with van der Waals surface area (Å²) >= 11 is 3.34. The third kappa shape index (κ3) is 4.25. The Bertz CT molecular complexity index is 1160. The second-order valence-electron chi connectivity index (χ2n) is 7.71. The van der Waals surface area contributed by atoms with Crippen LogP contribution >= 0.6 is 15.9 Å². The van der Waals surface area contributed by atoms with Crippen LogP contribution in [0.1, 0.15) is 18.4 Å². The molecule has 12 heteroatoms. The zero-order valence-corrected chi connectivity index (χ0v) is 18.9. The van der Waals surface area contributed by atoms with Crippen molar-refractivity contribution in [3.63, 3.8) is 0 Å². The lowest BCUT2D eigenvalue weighted by Crippen LogP contribution is -2.57. The van der Waals surface area contributed by atoms with Crippen LogP contribution in [0.4, 0.5) is 29.3 Å². The first-order valence-electron chi connectivity index (χ1n) is 9.72. The van der Waals surface area contributed by atoms with Crippen LogP contribution in [-0.2, 0) is 16.2 Å². The number of halogens is 4. The fourth-order valence-electron chi connectivity index (χ4n) is 4.26. The van der Waals surface area contributed by atoms with Gasteiger partial charge in [-0.1, -0.05) is 22.0 Å². The van der Waals surface area contributed by atoms with Gasteiger partial charge < -0.3 is 15.3 Å². The highest BCUT2D eigenvalue weighted by molar-refractivity contribution is 9.10. The number of sulfonamides is 1. The molecule has 0 radical (unpaired) electrons. The van der Waals surface area contributed by atoms with Crippen LogP contribution in [0.3, 0.4) is 0 Å². The summed E-state index contributed by atoms with van der Waals surface area (Å²) in [7, 11) is -4.32. The van der Waals surface area contributed by atoms with Crippen LogP contribution in [-0.4, -0.2) is 44.8 Å². The first-order valence-corrected chi connectivity index (χ1v) is 12.0. The van der Waals surface area contributed by atoms with Gasteiger partial charge in [0.2, 0.25) is 0 Å². The zero-order chi connectivity index (χ0) is 23.3. The molecule has 1 saturated heterocycles. The third-order valence-corrected chi connectivity index (χ3v) is 7.95. The van der Waals surface area contributed by atoms with Gasteiger partial charge in [-0.3, -0.25) is 4.31 Å². The molecular formula is C20H19BrF3N3O4S. The average Bonchev–Trinajstić information content (AvgIpc) is 2.71. The number of fused-ring (bicyclic) bond motifs is 3. The summed E-state index contributed by atoms with van der Waals surface area (Å²) < 4.78 is 68.3. The molecule has 2 aliphatic heterocycles. The number of rotatable bonds is 3. The molecule has 1 fully saturated rings. The van der Waals surface area contributed by atoms with Crippen LogP contribution < -0.4 is 14.5 Å². The largest absolute Gasteiger partial charge is 0.465 e. The van der Waals surface area contributed by atoms with Gasteiger partial charge in [0, 0.05) is 23.1 Å². The quantitative estimate of drug-likeness (QED) is 0.614. The van der Waals surface area contributed by atoms with E-state index in [0.29, 0.717) is 41.3 Å².